The molecule has 7 heteroatoms. The predicted molar refractivity (Wildman–Crippen MR) is 46.0 cm³/mol. The van der Waals surface area contributed by atoms with Gasteiger partial charge >= 0.3 is 5.97 Å². The van der Waals surface area contributed by atoms with E-state index in [1.807, 2.05) is 0 Å². The van der Waals surface area contributed by atoms with E-state index in [0.717, 1.165) is 0 Å². The van der Waals surface area contributed by atoms with E-state index >= 15 is 0 Å². The van der Waals surface area contributed by atoms with Gasteiger partial charge in [0, 0.05) is 0 Å². The maximum absolute atomic E-state index is 11.2. The normalized spacial score (nSPS) is 10.9. The molecule has 0 heterocycles. The smallest absolute Gasteiger partial charge is 0.345 e. The van der Waals surface area contributed by atoms with Gasteiger partial charge in [-0.25, -0.2) is 4.79 Å². The molecule has 0 fully saturated rings. The lowest BCUT2D eigenvalue weighted by Gasteiger charge is -2.27. The number of phosphoric acid groups is 1. The molecule has 1 aromatic carbocycles. The molecule has 0 bridgehead atoms. The molecule has 1 aromatic rings. The largest absolute Gasteiger partial charge is 0.780 e. The second kappa shape index (κ2) is 4.44. The molecule has 1 rings (SSSR count). The number of rotatable bonds is 3. The second-order valence-electron chi connectivity index (χ2n) is 2.53. The first kappa shape index (κ1) is 11.7. The van der Waals surface area contributed by atoms with Crippen LogP contribution >= 0.6 is 7.82 Å². The highest BCUT2D eigenvalue weighted by atomic mass is 31.2. The summed E-state index contributed by atoms with van der Waals surface area (Å²) in [7, 11) is -4.02. The average Bonchev–Trinajstić information content (AvgIpc) is 2.15. The van der Waals surface area contributed by atoms with Crippen LogP contribution in [0.3, 0.4) is 0 Å². The van der Waals surface area contributed by atoms with Gasteiger partial charge in [-0.05, 0) is 12.1 Å². The standard InChI is InChI=1S/C8H9O6P/c1-13-7-5-3-2-4-6(7)8(9)14-15(10,11)12/h2-5H,1H3,(H2,10,11,12)/p-2. The van der Waals surface area contributed by atoms with Crippen molar-refractivity contribution in [2.24, 2.45) is 0 Å². The van der Waals surface area contributed by atoms with Gasteiger partial charge in [-0.15, -0.1) is 0 Å². The quantitative estimate of drug-likeness (QED) is 0.660. The molecule has 0 radical (unpaired) electrons. The number of benzene rings is 1. The summed E-state index contributed by atoms with van der Waals surface area (Å²) < 4.78 is 18.7. The second-order valence-corrected chi connectivity index (χ2v) is 3.60. The molecular formula is C8H7O6P-2. The number of carbonyl (C=O) groups is 1. The van der Waals surface area contributed by atoms with Crippen molar-refractivity contribution in [3.8, 4) is 5.75 Å². The van der Waals surface area contributed by atoms with Gasteiger partial charge in [-0.1, -0.05) is 12.1 Å². The first-order valence-corrected chi connectivity index (χ1v) is 5.29. The van der Waals surface area contributed by atoms with E-state index in [4.69, 9.17) is 4.74 Å². The molecule has 0 aliphatic rings. The van der Waals surface area contributed by atoms with Crippen molar-refractivity contribution in [1.29, 1.82) is 0 Å². The van der Waals surface area contributed by atoms with Gasteiger partial charge in [-0.2, -0.15) is 0 Å². The van der Waals surface area contributed by atoms with Crippen molar-refractivity contribution < 1.29 is 28.4 Å². The number of hydrogen-bond donors (Lipinski definition) is 0. The van der Waals surface area contributed by atoms with Gasteiger partial charge in [0.1, 0.15) is 19.1 Å². The zero-order valence-electron chi connectivity index (χ0n) is 7.71. The Bertz CT molecular complexity index is 409. The van der Waals surface area contributed by atoms with E-state index in [2.05, 4.69) is 4.52 Å². The maximum Gasteiger partial charge on any atom is 0.345 e. The Morgan fingerprint density at radius 2 is 1.93 bits per heavy atom. The van der Waals surface area contributed by atoms with E-state index in [-0.39, 0.29) is 11.3 Å². The number of methoxy groups -OCH3 is 1. The summed E-state index contributed by atoms with van der Waals surface area (Å²) in [6.07, 6.45) is 0. The topological polar surface area (TPSA) is 98.7 Å². The van der Waals surface area contributed by atoms with Gasteiger partial charge < -0.3 is 23.6 Å². The van der Waals surface area contributed by atoms with Crippen LogP contribution in [0.1, 0.15) is 10.4 Å². The molecule has 0 aliphatic heterocycles. The fraction of sp³-hybridized carbons (Fsp3) is 0.125. The van der Waals surface area contributed by atoms with Gasteiger partial charge in [0.25, 0.3) is 0 Å². The minimum absolute atomic E-state index is 0.119. The number of hydrogen-bond acceptors (Lipinski definition) is 6. The van der Waals surface area contributed by atoms with E-state index in [1.54, 1.807) is 6.07 Å². The molecule has 82 valence electrons. The highest BCUT2D eigenvalue weighted by molar-refractivity contribution is 7.43. The third-order valence-corrected chi connectivity index (χ3v) is 1.91. The lowest BCUT2D eigenvalue weighted by atomic mass is 10.2. The Kier molecular flexibility index (Phi) is 3.47. The summed E-state index contributed by atoms with van der Waals surface area (Å²) in [4.78, 5) is 31.6. The number of phosphoric ester groups is 1. The monoisotopic (exact) mass is 230 g/mol. The van der Waals surface area contributed by atoms with Crippen LogP contribution in [0.25, 0.3) is 0 Å². The fourth-order valence-electron chi connectivity index (χ4n) is 0.964. The van der Waals surface area contributed by atoms with Crippen LogP contribution in [0.2, 0.25) is 0 Å². The van der Waals surface area contributed by atoms with Crippen molar-refractivity contribution in [3.63, 3.8) is 0 Å². The SMILES string of the molecule is COc1ccccc1C(=O)OP(=O)([O-])[O-]. The highest BCUT2D eigenvalue weighted by Gasteiger charge is 2.13. The van der Waals surface area contributed by atoms with Gasteiger partial charge in [0.2, 0.25) is 0 Å². The molecule has 0 unspecified atom stereocenters. The highest BCUT2D eigenvalue weighted by Crippen LogP contribution is 2.29. The first-order valence-electron chi connectivity index (χ1n) is 3.83. The van der Waals surface area contributed by atoms with Crippen LogP contribution in [0.4, 0.5) is 0 Å². The molecule has 0 amide bonds. The molecule has 0 spiro atoms. The summed E-state index contributed by atoms with van der Waals surface area (Å²) in [6, 6.07) is 5.80. The summed E-state index contributed by atoms with van der Waals surface area (Å²) in [5.41, 5.74) is -0.119. The molecule has 0 saturated carbocycles. The zero-order valence-corrected chi connectivity index (χ0v) is 8.60. The Hall–Kier alpha value is -1.36. The summed E-state index contributed by atoms with van der Waals surface area (Å²) in [5.74, 6) is -1.11. The van der Waals surface area contributed by atoms with E-state index in [9.17, 15) is 19.1 Å². The number of para-hydroxylation sites is 1. The lowest BCUT2D eigenvalue weighted by Crippen LogP contribution is -2.20. The van der Waals surface area contributed by atoms with Crippen molar-refractivity contribution in [1.82, 2.24) is 0 Å². The molecule has 0 aromatic heterocycles. The van der Waals surface area contributed by atoms with E-state index in [0.29, 0.717) is 0 Å². The molecule has 0 atom stereocenters. The summed E-state index contributed by atoms with van der Waals surface area (Å²) >= 11 is 0. The van der Waals surface area contributed by atoms with Crippen molar-refractivity contribution >= 4 is 13.8 Å². The predicted octanol–water partition coefficient (Wildman–Crippen LogP) is -0.319. The van der Waals surface area contributed by atoms with Gasteiger partial charge in [0.15, 0.2) is 0 Å². The van der Waals surface area contributed by atoms with Gasteiger partial charge in [-0.3, -0.25) is 0 Å². The fourth-order valence-corrected chi connectivity index (χ4v) is 1.27. The van der Waals surface area contributed by atoms with Crippen LogP contribution in [-0.4, -0.2) is 13.1 Å². The Morgan fingerprint density at radius 3 is 2.47 bits per heavy atom. The first-order chi connectivity index (χ1) is 6.94. The molecule has 0 aliphatic carbocycles. The summed E-state index contributed by atoms with van der Waals surface area (Å²) in [6.45, 7) is 0. The molecule has 15 heavy (non-hydrogen) atoms. The number of ether oxygens (including phenoxy) is 1. The van der Waals surface area contributed by atoms with E-state index < -0.39 is 13.8 Å². The van der Waals surface area contributed by atoms with Crippen LogP contribution in [0.5, 0.6) is 5.75 Å². The van der Waals surface area contributed by atoms with Crippen LogP contribution < -0.4 is 14.5 Å². The Morgan fingerprint density at radius 1 is 1.33 bits per heavy atom. The third kappa shape index (κ3) is 3.36. The summed E-state index contributed by atoms with van der Waals surface area (Å²) in [5, 5.41) is 0. The van der Waals surface area contributed by atoms with Crippen LogP contribution in [0.15, 0.2) is 24.3 Å². The minimum atomic E-state index is -5.32. The Labute approximate surface area is 85.7 Å². The average molecular weight is 230 g/mol. The third-order valence-electron chi connectivity index (χ3n) is 1.52. The van der Waals surface area contributed by atoms with E-state index in [1.165, 1.54) is 25.3 Å². The lowest BCUT2D eigenvalue weighted by molar-refractivity contribution is -0.336. The maximum atomic E-state index is 11.2. The van der Waals surface area contributed by atoms with Gasteiger partial charge in [0.05, 0.1) is 7.11 Å². The van der Waals surface area contributed by atoms with Crippen LogP contribution in [-0.2, 0) is 9.09 Å². The van der Waals surface area contributed by atoms with Crippen molar-refractivity contribution in [2.45, 2.75) is 0 Å². The molecule has 0 saturated heterocycles. The number of carbonyl (C=O) groups excluding carboxylic acids is 1. The zero-order chi connectivity index (χ0) is 11.5. The molecular weight excluding hydrogens is 223 g/mol. The Balaban J connectivity index is 2.96. The van der Waals surface area contributed by atoms with Crippen LogP contribution in [0, 0.1) is 0 Å². The van der Waals surface area contributed by atoms with Crippen molar-refractivity contribution in [2.75, 3.05) is 7.11 Å². The minimum Gasteiger partial charge on any atom is -0.780 e. The van der Waals surface area contributed by atoms with Crippen molar-refractivity contribution in [3.05, 3.63) is 29.8 Å². The molecule has 6 nitrogen and oxygen atoms in total. The molecule has 0 N–H and O–H groups in total.